The average molecular weight is 225 g/mol. The zero-order chi connectivity index (χ0) is 10.7. The first-order chi connectivity index (χ1) is 7.31. The number of carbonyl (C=O) groups is 1. The lowest BCUT2D eigenvalue weighted by Crippen LogP contribution is -2.31. The van der Waals surface area contributed by atoms with Crippen molar-refractivity contribution in [3.05, 3.63) is 23.7 Å². The highest BCUT2D eigenvalue weighted by molar-refractivity contribution is 7.99. The Hall–Kier alpha value is -0.900. The van der Waals surface area contributed by atoms with Crippen LogP contribution in [0, 0.1) is 0 Å². The number of furan rings is 1. The fourth-order valence-electron chi connectivity index (χ4n) is 2.00. The van der Waals surface area contributed by atoms with Gasteiger partial charge in [-0.1, -0.05) is 0 Å². The first-order valence-electron chi connectivity index (χ1n) is 5.16. The first kappa shape index (κ1) is 10.6. The fourth-order valence-corrected chi connectivity index (χ4v) is 2.35. The SMILES string of the molecule is CSCC(=O)NC1CCCc2occc21. The van der Waals surface area contributed by atoms with E-state index in [1.807, 2.05) is 12.3 Å². The van der Waals surface area contributed by atoms with Gasteiger partial charge in [-0.3, -0.25) is 4.79 Å². The van der Waals surface area contributed by atoms with Crippen molar-refractivity contribution in [2.45, 2.75) is 25.3 Å². The molecule has 1 aromatic rings. The van der Waals surface area contributed by atoms with Crippen molar-refractivity contribution < 1.29 is 9.21 Å². The molecule has 1 aliphatic carbocycles. The molecule has 4 heteroatoms. The zero-order valence-corrected chi connectivity index (χ0v) is 9.60. The van der Waals surface area contributed by atoms with Gasteiger partial charge < -0.3 is 9.73 Å². The number of rotatable bonds is 3. The van der Waals surface area contributed by atoms with Gasteiger partial charge >= 0.3 is 0 Å². The maximum atomic E-state index is 11.5. The van der Waals surface area contributed by atoms with Crippen LogP contribution in [0.1, 0.15) is 30.2 Å². The third-order valence-electron chi connectivity index (χ3n) is 2.66. The third kappa shape index (κ3) is 2.37. The van der Waals surface area contributed by atoms with Crippen molar-refractivity contribution in [2.75, 3.05) is 12.0 Å². The Bertz CT molecular complexity index is 348. The lowest BCUT2D eigenvalue weighted by molar-refractivity contribution is -0.119. The van der Waals surface area contributed by atoms with E-state index >= 15 is 0 Å². The van der Waals surface area contributed by atoms with Crippen LogP contribution in [0.4, 0.5) is 0 Å². The lowest BCUT2D eigenvalue weighted by atomic mass is 9.93. The Morgan fingerprint density at radius 3 is 3.40 bits per heavy atom. The summed E-state index contributed by atoms with van der Waals surface area (Å²) < 4.78 is 5.37. The summed E-state index contributed by atoms with van der Waals surface area (Å²) in [6.45, 7) is 0. The largest absolute Gasteiger partial charge is 0.469 e. The summed E-state index contributed by atoms with van der Waals surface area (Å²) in [5, 5.41) is 3.04. The fraction of sp³-hybridized carbons (Fsp3) is 0.545. The van der Waals surface area contributed by atoms with Crippen molar-refractivity contribution in [3.8, 4) is 0 Å². The highest BCUT2D eigenvalue weighted by Crippen LogP contribution is 2.30. The van der Waals surface area contributed by atoms with Gasteiger partial charge in [0, 0.05) is 12.0 Å². The van der Waals surface area contributed by atoms with Crippen molar-refractivity contribution in [1.29, 1.82) is 0 Å². The van der Waals surface area contributed by atoms with E-state index in [0.29, 0.717) is 5.75 Å². The normalized spacial score (nSPS) is 19.7. The van der Waals surface area contributed by atoms with Crippen molar-refractivity contribution in [2.24, 2.45) is 0 Å². The van der Waals surface area contributed by atoms with Crippen molar-refractivity contribution in [3.63, 3.8) is 0 Å². The van der Waals surface area contributed by atoms with Gasteiger partial charge in [0.05, 0.1) is 18.1 Å². The standard InChI is InChI=1S/C11H15NO2S/c1-15-7-11(13)12-9-3-2-4-10-8(9)5-6-14-10/h5-6,9H,2-4,7H2,1H3,(H,12,13). The van der Waals surface area contributed by atoms with Crippen LogP contribution < -0.4 is 5.32 Å². The lowest BCUT2D eigenvalue weighted by Gasteiger charge is -2.22. The zero-order valence-electron chi connectivity index (χ0n) is 8.79. The molecule has 0 aromatic carbocycles. The van der Waals surface area contributed by atoms with Crippen molar-refractivity contribution in [1.82, 2.24) is 5.32 Å². The first-order valence-corrected chi connectivity index (χ1v) is 6.55. The van der Waals surface area contributed by atoms with Gasteiger partial charge in [-0.2, -0.15) is 11.8 Å². The average Bonchev–Trinajstić information content (AvgIpc) is 2.67. The molecule has 0 bridgehead atoms. The molecule has 1 amide bonds. The topological polar surface area (TPSA) is 42.2 Å². The van der Waals surface area contributed by atoms with Crippen LogP contribution in [0.25, 0.3) is 0 Å². The second-order valence-corrected chi connectivity index (χ2v) is 4.61. The van der Waals surface area contributed by atoms with Gasteiger partial charge in [0.1, 0.15) is 5.76 Å². The number of hydrogen-bond donors (Lipinski definition) is 1. The van der Waals surface area contributed by atoms with Crippen LogP contribution in [0.2, 0.25) is 0 Å². The van der Waals surface area contributed by atoms with E-state index in [1.54, 1.807) is 18.0 Å². The van der Waals surface area contributed by atoms with E-state index in [9.17, 15) is 4.79 Å². The maximum absolute atomic E-state index is 11.5. The molecule has 2 rings (SSSR count). The minimum Gasteiger partial charge on any atom is -0.469 e. The number of carbonyl (C=O) groups excluding carboxylic acids is 1. The van der Waals surface area contributed by atoms with E-state index in [1.165, 1.54) is 0 Å². The second-order valence-electron chi connectivity index (χ2n) is 3.74. The predicted molar refractivity (Wildman–Crippen MR) is 60.9 cm³/mol. The number of aryl methyl sites for hydroxylation is 1. The number of fused-ring (bicyclic) bond motifs is 1. The Morgan fingerprint density at radius 2 is 2.60 bits per heavy atom. The minimum atomic E-state index is 0.113. The van der Waals surface area contributed by atoms with Crippen LogP contribution in [0.5, 0.6) is 0 Å². The summed E-state index contributed by atoms with van der Waals surface area (Å²) in [7, 11) is 0. The molecule has 0 spiro atoms. The Kier molecular flexibility index (Phi) is 3.36. The maximum Gasteiger partial charge on any atom is 0.230 e. The summed E-state index contributed by atoms with van der Waals surface area (Å²) in [5.41, 5.74) is 1.16. The van der Waals surface area contributed by atoms with Gasteiger partial charge in [0.25, 0.3) is 0 Å². The van der Waals surface area contributed by atoms with E-state index < -0.39 is 0 Å². The third-order valence-corrected chi connectivity index (χ3v) is 3.21. The van der Waals surface area contributed by atoms with Crippen molar-refractivity contribution >= 4 is 17.7 Å². The summed E-state index contributed by atoms with van der Waals surface area (Å²) in [4.78, 5) is 11.5. The minimum absolute atomic E-state index is 0.113. The molecule has 1 atom stereocenters. The molecule has 0 radical (unpaired) electrons. The van der Waals surface area contributed by atoms with Crippen LogP contribution >= 0.6 is 11.8 Å². The molecule has 0 aliphatic heterocycles. The molecule has 1 heterocycles. The Balaban J connectivity index is 2.03. The summed E-state index contributed by atoms with van der Waals surface area (Å²) in [6.07, 6.45) is 6.75. The highest BCUT2D eigenvalue weighted by atomic mass is 32.2. The Labute approximate surface area is 93.6 Å². The van der Waals surface area contributed by atoms with Gasteiger partial charge in [0.15, 0.2) is 0 Å². The quantitative estimate of drug-likeness (QED) is 0.857. The molecule has 1 aliphatic rings. The van der Waals surface area contributed by atoms with Crippen LogP contribution in [-0.2, 0) is 11.2 Å². The van der Waals surface area contributed by atoms with Gasteiger partial charge in [-0.05, 0) is 25.2 Å². The van der Waals surface area contributed by atoms with E-state index in [4.69, 9.17) is 4.42 Å². The van der Waals surface area contributed by atoms with Gasteiger partial charge in [0.2, 0.25) is 5.91 Å². The predicted octanol–water partition coefficient (Wildman–Crippen LogP) is 2.14. The molecule has 0 fully saturated rings. The summed E-state index contributed by atoms with van der Waals surface area (Å²) in [5.74, 6) is 1.68. The number of thioether (sulfide) groups is 1. The summed E-state index contributed by atoms with van der Waals surface area (Å²) >= 11 is 1.55. The van der Waals surface area contributed by atoms with Gasteiger partial charge in [-0.25, -0.2) is 0 Å². The molecule has 0 saturated heterocycles. The van der Waals surface area contributed by atoms with Crippen LogP contribution in [0.15, 0.2) is 16.7 Å². The number of amides is 1. The molecule has 0 saturated carbocycles. The van der Waals surface area contributed by atoms with Crippen LogP contribution in [0.3, 0.4) is 0 Å². The molecular weight excluding hydrogens is 210 g/mol. The molecular formula is C11H15NO2S. The van der Waals surface area contributed by atoms with Crippen LogP contribution in [-0.4, -0.2) is 17.9 Å². The highest BCUT2D eigenvalue weighted by Gasteiger charge is 2.23. The molecule has 3 nitrogen and oxygen atoms in total. The van der Waals surface area contributed by atoms with E-state index in [2.05, 4.69) is 5.32 Å². The molecule has 1 N–H and O–H groups in total. The molecule has 15 heavy (non-hydrogen) atoms. The number of nitrogens with one attached hydrogen (secondary N) is 1. The summed E-state index contributed by atoms with van der Waals surface area (Å²) in [6, 6.07) is 2.13. The molecule has 1 aromatic heterocycles. The number of hydrogen-bond acceptors (Lipinski definition) is 3. The molecule has 1 unspecified atom stereocenters. The van der Waals surface area contributed by atoms with E-state index in [-0.39, 0.29) is 11.9 Å². The van der Waals surface area contributed by atoms with Gasteiger partial charge in [-0.15, -0.1) is 0 Å². The second kappa shape index (κ2) is 4.75. The Morgan fingerprint density at radius 1 is 1.73 bits per heavy atom. The molecule has 82 valence electrons. The van der Waals surface area contributed by atoms with E-state index in [0.717, 1.165) is 30.6 Å². The smallest absolute Gasteiger partial charge is 0.230 e. The monoisotopic (exact) mass is 225 g/mol.